The molecular weight excluding hydrogens is 308 g/mol. The fraction of sp³-hybridized carbons (Fsp3) is 0.333. The molecule has 0 aliphatic carbocycles. The number of anilines is 1. The highest BCUT2D eigenvalue weighted by Crippen LogP contribution is 2.23. The summed E-state index contributed by atoms with van der Waals surface area (Å²) in [6, 6.07) is 16.8. The molecule has 0 fully saturated rings. The highest BCUT2D eigenvalue weighted by molar-refractivity contribution is 5.99. The zero-order chi connectivity index (χ0) is 18.0. The molecule has 0 spiro atoms. The molecule has 1 aromatic heterocycles. The molecule has 0 saturated carbocycles. The summed E-state index contributed by atoms with van der Waals surface area (Å²) in [4.78, 5) is 4.64. The van der Waals surface area contributed by atoms with Crippen molar-refractivity contribution < 1.29 is 0 Å². The van der Waals surface area contributed by atoms with Gasteiger partial charge in [-0.1, -0.05) is 57.2 Å². The van der Waals surface area contributed by atoms with Gasteiger partial charge in [-0.15, -0.1) is 0 Å². The summed E-state index contributed by atoms with van der Waals surface area (Å²) in [5.41, 5.74) is 8.77. The van der Waals surface area contributed by atoms with Crippen LogP contribution in [0.5, 0.6) is 0 Å². The molecule has 0 bridgehead atoms. The van der Waals surface area contributed by atoms with Crippen LogP contribution in [0.4, 0.5) is 5.95 Å². The summed E-state index contributed by atoms with van der Waals surface area (Å²) in [6.45, 7) is 11.6. The fourth-order valence-electron chi connectivity index (χ4n) is 2.89. The average Bonchev–Trinajstić information content (AvgIpc) is 2.96. The van der Waals surface area contributed by atoms with Crippen molar-refractivity contribution >= 4 is 22.7 Å². The van der Waals surface area contributed by atoms with Crippen LogP contribution in [-0.4, -0.2) is 15.3 Å². The third-order valence-corrected chi connectivity index (χ3v) is 4.46. The first-order chi connectivity index (χ1) is 11.9. The van der Waals surface area contributed by atoms with Crippen LogP contribution in [0.3, 0.4) is 0 Å². The predicted octanol–water partition coefficient (Wildman–Crippen LogP) is 5.19. The molecular formula is C21H26N4. The number of aromatic nitrogens is 2. The molecule has 130 valence electrons. The van der Waals surface area contributed by atoms with E-state index in [0.29, 0.717) is 0 Å². The Labute approximate surface area is 149 Å². The lowest BCUT2D eigenvalue weighted by atomic mass is 9.86. The second kappa shape index (κ2) is 6.71. The summed E-state index contributed by atoms with van der Waals surface area (Å²) in [5, 5.41) is 4.54. The number of nitrogens with one attached hydrogen (secondary N) is 1. The van der Waals surface area contributed by atoms with Crippen LogP contribution in [-0.2, 0) is 12.0 Å². The maximum absolute atomic E-state index is 4.64. The number of nitrogens with zero attached hydrogens (tertiary/aromatic N) is 3. The Morgan fingerprint density at radius 3 is 2.40 bits per heavy atom. The van der Waals surface area contributed by atoms with Gasteiger partial charge in [0.15, 0.2) is 0 Å². The quantitative estimate of drug-likeness (QED) is 0.527. The molecule has 0 amide bonds. The van der Waals surface area contributed by atoms with E-state index in [9.17, 15) is 0 Å². The summed E-state index contributed by atoms with van der Waals surface area (Å²) in [5.74, 6) is 0.773. The molecule has 1 heterocycles. The number of benzene rings is 2. The second-order valence-corrected chi connectivity index (χ2v) is 7.30. The van der Waals surface area contributed by atoms with Crippen molar-refractivity contribution in [3.8, 4) is 0 Å². The van der Waals surface area contributed by atoms with E-state index < -0.39 is 0 Å². The van der Waals surface area contributed by atoms with Gasteiger partial charge in [-0.25, -0.2) is 10.4 Å². The van der Waals surface area contributed by atoms with Crippen molar-refractivity contribution in [1.82, 2.24) is 9.55 Å². The molecule has 1 N–H and O–H groups in total. The molecule has 4 nitrogen and oxygen atoms in total. The molecule has 0 radical (unpaired) electrons. The van der Waals surface area contributed by atoms with E-state index in [1.807, 2.05) is 25.1 Å². The van der Waals surface area contributed by atoms with E-state index in [1.165, 1.54) is 5.56 Å². The van der Waals surface area contributed by atoms with E-state index in [4.69, 9.17) is 0 Å². The Morgan fingerprint density at radius 1 is 1.08 bits per heavy atom. The number of fused-ring (bicyclic) bond motifs is 1. The Balaban J connectivity index is 1.84. The van der Waals surface area contributed by atoms with Gasteiger partial charge in [-0.05, 0) is 42.5 Å². The zero-order valence-electron chi connectivity index (χ0n) is 15.7. The Hall–Kier alpha value is -2.62. The van der Waals surface area contributed by atoms with Crippen LogP contribution >= 0.6 is 0 Å². The highest BCUT2D eigenvalue weighted by atomic mass is 15.4. The summed E-state index contributed by atoms with van der Waals surface area (Å²) < 4.78 is 2.13. The zero-order valence-corrected chi connectivity index (χ0v) is 15.7. The van der Waals surface area contributed by atoms with Crippen LogP contribution in [0.2, 0.25) is 0 Å². The molecule has 0 aliphatic heterocycles. The van der Waals surface area contributed by atoms with Crippen molar-refractivity contribution in [3.63, 3.8) is 0 Å². The number of para-hydroxylation sites is 2. The Kier molecular flexibility index (Phi) is 4.62. The minimum Gasteiger partial charge on any atom is -0.309 e. The van der Waals surface area contributed by atoms with Gasteiger partial charge in [0.05, 0.1) is 16.7 Å². The lowest BCUT2D eigenvalue weighted by Gasteiger charge is -2.19. The monoisotopic (exact) mass is 334 g/mol. The smallest absolute Gasteiger partial charge is 0.224 e. The van der Waals surface area contributed by atoms with Crippen molar-refractivity contribution in [2.45, 2.75) is 46.6 Å². The van der Waals surface area contributed by atoms with Crippen LogP contribution in [0.15, 0.2) is 53.6 Å². The standard InChI is InChI=1S/C21H26N4/c1-6-25-19-10-8-7-9-18(19)22-20(25)24-23-15(2)16-11-13-17(14-12-16)21(3,4)5/h7-14H,6H2,1-5H3,(H,22,24)/b23-15+. The van der Waals surface area contributed by atoms with Gasteiger partial charge >= 0.3 is 0 Å². The maximum Gasteiger partial charge on any atom is 0.224 e. The first-order valence-electron chi connectivity index (χ1n) is 8.76. The topological polar surface area (TPSA) is 42.2 Å². The largest absolute Gasteiger partial charge is 0.309 e. The number of hydrazone groups is 1. The first kappa shape index (κ1) is 17.2. The van der Waals surface area contributed by atoms with Gasteiger partial charge in [0.1, 0.15) is 0 Å². The normalized spacial score (nSPS) is 12.6. The molecule has 0 aliphatic rings. The number of rotatable bonds is 4. The fourth-order valence-corrected chi connectivity index (χ4v) is 2.89. The van der Waals surface area contributed by atoms with Crippen molar-refractivity contribution in [1.29, 1.82) is 0 Å². The van der Waals surface area contributed by atoms with Crippen LogP contribution in [0, 0.1) is 0 Å². The molecule has 0 saturated heterocycles. The third kappa shape index (κ3) is 3.58. The van der Waals surface area contributed by atoms with E-state index in [-0.39, 0.29) is 5.41 Å². The first-order valence-corrected chi connectivity index (χ1v) is 8.76. The minimum absolute atomic E-state index is 0.161. The van der Waals surface area contributed by atoms with Gasteiger partial charge < -0.3 is 4.57 Å². The summed E-state index contributed by atoms with van der Waals surface area (Å²) in [6.07, 6.45) is 0. The minimum atomic E-state index is 0.161. The number of hydrogen-bond acceptors (Lipinski definition) is 3. The number of hydrogen-bond donors (Lipinski definition) is 1. The third-order valence-electron chi connectivity index (χ3n) is 4.46. The predicted molar refractivity (Wildman–Crippen MR) is 106 cm³/mol. The Bertz CT molecular complexity index is 896. The molecule has 0 atom stereocenters. The lowest BCUT2D eigenvalue weighted by Crippen LogP contribution is -2.11. The molecule has 0 unspecified atom stereocenters. The van der Waals surface area contributed by atoms with Crippen LogP contribution < -0.4 is 5.43 Å². The molecule has 25 heavy (non-hydrogen) atoms. The van der Waals surface area contributed by atoms with Gasteiger partial charge in [-0.3, -0.25) is 0 Å². The van der Waals surface area contributed by atoms with Crippen molar-refractivity contribution in [2.24, 2.45) is 5.10 Å². The molecule has 4 heteroatoms. The van der Waals surface area contributed by atoms with E-state index in [2.05, 4.69) is 78.1 Å². The maximum atomic E-state index is 4.64. The molecule has 3 rings (SSSR count). The summed E-state index contributed by atoms with van der Waals surface area (Å²) >= 11 is 0. The van der Waals surface area contributed by atoms with Crippen LogP contribution in [0.25, 0.3) is 11.0 Å². The lowest BCUT2D eigenvalue weighted by molar-refractivity contribution is 0.590. The van der Waals surface area contributed by atoms with Gasteiger partial charge in [0.2, 0.25) is 5.95 Å². The molecule has 2 aromatic carbocycles. The van der Waals surface area contributed by atoms with Crippen molar-refractivity contribution in [3.05, 3.63) is 59.7 Å². The highest BCUT2D eigenvalue weighted by Gasteiger charge is 2.13. The number of imidazole rings is 1. The average molecular weight is 334 g/mol. The number of aryl methyl sites for hydroxylation is 1. The van der Waals surface area contributed by atoms with E-state index in [1.54, 1.807) is 0 Å². The Morgan fingerprint density at radius 2 is 1.76 bits per heavy atom. The van der Waals surface area contributed by atoms with Gasteiger partial charge in [0, 0.05) is 6.54 Å². The van der Waals surface area contributed by atoms with E-state index >= 15 is 0 Å². The second-order valence-electron chi connectivity index (χ2n) is 7.30. The van der Waals surface area contributed by atoms with Gasteiger partial charge in [0.25, 0.3) is 0 Å². The van der Waals surface area contributed by atoms with Gasteiger partial charge in [-0.2, -0.15) is 5.10 Å². The van der Waals surface area contributed by atoms with E-state index in [0.717, 1.165) is 34.8 Å². The SMILES string of the molecule is CCn1c(N/N=C(\C)c2ccc(C(C)(C)C)cc2)nc2ccccc21. The van der Waals surface area contributed by atoms with Crippen molar-refractivity contribution in [2.75, 3.05) is 5.43 Å². The summed E-state index contributed by atoms with van der Waals surface area (Å²) in [7, 11) is 0. The molecule has 3 aromatic rings. The van der Waals surface area contributed by atoms with Crippen LogP contribution in [0.1, 0.15) is 45.7 Å².